The van der Waals surface area contributed by atoms with Crippen molar-refractivity contribution in [2.45, 2.75) is 42.5 Å². The first-order valence-electron chi connectivity index (χ1n) is 10.8. The molecule has 0 bridgehead atoms. The second kappa shape index (κ2) is 8.05. The maximum atomic E-state index is 12.7. The Hall–Kier alpha value is -3.45. The molecule has 3 atom stereocenters. The van der Waals surface area contributed by atoms with Gasteiger partial charge in [-0.2, -0.15) is 13.4 Å². The van der Waals surface area contributed by atoms with Gasteiger partial charge in [0.15, 0.2) is 4.96 Å². The van der Waals surface area contributed by atoms with Crippen LogP contribution in [-0.2, 0) is 14.9 Å². The molecule has 2 fully saturated rings. The van der Waals surface area contributed by atoms with Gasteiger partial charge < -0.3 is 19.3 Å². The fraction of sp³-hybridized carbons (Fsp3) is 0.364. The molecule has 2 unspecified atom stereocenters. The molecule has 11 nitrogen and oxygen atoms in total. The Morgan fingerprint density at radius 1 is 1.20 bits per heavy atom. The van der Waals surface area contributed by atoms with Crippen molar-refractivity contribution in [3.05, 3.63) is 57.3 Å². The summed E-state index contributed by atoms with van der Waals surface area (Å²) in [5.41, 5.74) is -0.602. The average molecular weight is 520 g/mol. The Labute approximate surface area is 203 Å². The van der Waals surface area contributed by atoms with Gasteiger partial charge in [0.1, 0.15) is 4.90 Å². The summed E-state index contributed by atoms with van der Waals surface area (Å²) in [7, 11) is -4.19. The number of aryl methyl sites for hydroxylation is 1. The Morgan fingerprint density at radius 3 is 2.54 bits per heavy atom. The predicted molar refractivity (Wildman–Crippen MR) is 124 cm³/mol. The van der Waals surface area contributed by atoms with Crippen LogP contribution in [0.1, 0.15) is 35.6 Å². The van der Waals surface area contributed by atoms with Gasteiger partial charge in [-0.15, -0.1) is 11.3 Å². The molecule has 1 aromatic carbocycles. The van der Waals surface area contributed by atoms with Crippen molar-refractivity contribution < 1.29 is 32.4 Å². The molecule has 1 aliphatic carbocycles. The number of carbonyl (C=O) groups is 2. The number of rotatable bonds is 5. The molecule has 0 radical (unpaired) electrons. The van der Waals surface area contributed by atoms with Gasteiger partial charge in [-0.3, -0.25) is 14.0 Å². The summed E-state index contributed by atoms with van der Waals surface area (Å²) < 4.78 is 31.6. The van der Waals surface area contributed by atoms with Gasteiger partial charge in [0, 0.05) is 17.6 Å². The number of carboxylic acids is 1. The van der Waals surface area contributed by atoms with E-state index in [0.717, 1.165) is 16.5 Å². The SMILES string of the molecule is Cc1ccc(S(=O)(=O)Oc2cc(=O)n3cc([C@@H]4CCN(C(=O)O)C5(CC5C(=O)O)C4)sc3n2)cc1. The summed E-state index contributed by atoms with van der Waals surface area (Å²) >= 11 is 1.17. The maximum absolute atomic E-state index is 12.7. The summed E-state index contributed by atoms with van der Waals surface area (Å²) in [6.45, 7) is 2.00. The van der Waals surface area contributed by atoms with Crippen LogP contribution in [0.3, 0.4) is 0 Å². The Kier molecular flexibility index (Phi) is 5.36. The molecule has 3 aromatic rings. The van der Waals surface area contributed by atoms with Crippen molar-refractivity contribution in [2.24, 2.45) is 5.92 Å². The first-order valence-corrected chi connectivity index (χ1v) is 13.0. The van der Waals surface area contributed by atoms with Gasteiger partial charge >= 0.3 is 22.2 Å². The van der Waals surface area contributed by atoms with Crippen LogP contribution >= 0.6 is 11.3 Å². The van der Waals surface area contributed by atoms with E-state index in [1.54, 1.807) is 18.3 Å². The molecule has 1 spiro atoms. The Balaban J connectivity index is 1.43. The fourth-order valence-corrected chi connectivity index (χ4v) is 6.80. The van der Waals surface area contributed by atoms with Crippen molar-refractivity contribution in [2.75, 3.05) is 6.54 Å². The second-order valence-electron chi connectivity index (χ2n) is 8.89. The Bertz CT molecular complexity index is 1510. The predicted octanol–water partition coefficient (Wildman–Crippen LogP) is 2.53. The molecular weight excluding hydrogens is 498 g/mol. The number of nitrogens with zero attached hydrogens (tertiary/aromatic N) is 3. The minimum atomic E-state index is -4.19. The molecule has 3 heterocycles. The normalized spacial score (nSPS) is 24.0. The van der Waals surface area contributed by atoms with Crippen molar-refractivity contribution in [1.29, 1.82) is 0 Å². The van der Waals surface area contributed by atoms with E-state index in [1.165, 1.54) is 32.8 Å². The molecule has 184 valence electrons. The molecule has 2 N–H and O–H groups in total. The molecule has 35 heavy (non-hydrogen) atoms. The highest BCUT2D eigenvalue weighted by atomic mass is 32.2. The number of hydrogen-bond acceptors (Lipinski definition) is 8. The van der Waals surface area contributed by atoms with Crippen LogP contribution in [0.2, 0.25) is 0 Å². The monoisotopic (exact) mass is 519 g/mol. The minimum Gasteiger partial charge on any atom is -0.481 e. The number of fused-ring (bicyclic) bond motifs is 1. The van der Waals surface area contributed by atoms with E-state index in [-0.39, 0.29) is 34.6 Å². The van der Waals surface area contributed by atoms with Crippen LogP contribution in [0.15, 0.2) is 46.2 Å². The van der Waals surface area contributed by atoms with E-state index in [2.05, 4.69) is 4.98 Å². The molecule has 1 saturated heterocycles. The fourth-order valence-electron chi connectivity index (χ4n) is 4.81. The van der Waals surface area contributed by atoms with Crippen molar-refractivity contribution in [3.8, 4) is 5.88 Å². The van der Waals surface area contributed by atoms with E-state index in [0.29, 0.717) is 12.8 Å². The van der Waals surface area contributed by atoms with Crippen LogP contribution in [0.25, 0.3) is 4.96 Å². The van der Waals surface area contributed by atoms with Gasteiger partial charge in [-0.05, 0) is 44.2 Å². The largest absolute Gasteiger partial charge is 0.481 e. The molecule has 1 amide bonds. The second-order valence-corrected chi connectivity index (χ2v) is 11.5. The van der Waals surface area contributed by atoms with Crippen LogP contribution in [0.4, 0.5) is 4.79 Å². The highest BCUT2D eigenvalue weighted by Gasteiger charge is 2.65. The lowest BCUT2D eigenvalue weighted by atomic mass is 9.87. The molecule has 1 aliphatic heterocycles. The van der Waals surface area contributed by atoms with Crippen LogP contribution in [-0.4, -0.2) is 57.1 Å². The third kappa shape index (κ3) is 4.04. The number of likely N-dealkylation sites (tertiary alicyclic amines) is 1. The van der Waals surface area contributed by atoms with Crippen LogP contribution < -0.4 is 9.74 Å². The molecule has 1 saturated carbocycles. The van der Waals surface area contributed by atoms with Gasteiger partial charge in [-0.1, -0.05) is 17.7 Å². The molecule has 2 aromatic heterocycles. The third-order valence-electron chi connectivity index (χ3n) is 6.68. The summed E-state index contributed by atoms with van der Waals surface area (Å²) in [4.78, 5) is 42.3. The molecule has 2 aliphatic rings. The first-order chi connectivity index (χ1) is 16.5. The first kappa shape index (κ1) is 23.3. The van der Waals surface area contributed by atoms with Gasteiger partial charge in [0.05, 0.1) is 17.5 Å². The van der Waals surface area contributed by atoms with E-state index in [4.69, 9.17) is 4.18 Å². The summed E-state index contributed by atoms with van der Waals surface area (Å²) in [5, 5.41) is 19.0. The summed E-state index contributed by atoms with van der Waals surface area (Å²) in [6.07, 6.45) is 1.50. The minimum absolute atomic E-state index is 0.0649. The average Bonchev–Trinajstić information content (AvgIpc) is 3.31. The van der Waals surface area contributed by atoms with Gasteiger partial charge in [0.25, 0.3) is 5.56 Å². The van der Waals surface area contributed by atoms with Crippen LogP contribution in [0, 0.1) is 12.8 Å². The summed E-state index contributed by atoms with van der Waals surface area (Å²) in [6, 6.07) is 7.06. The number of aromatic nitrogens is 2. The Morgan fingerprint density at radius 2 is 1.91 bits per heavy atom. The van der Waals surface area contributed by atoms with Gasteiger partial charge in [0.2, 0.25) is 5.88 Å². The zero-order valence-corrected chi connectivity index (χ0v) is 20.1. The zero-order valence-electron chi connectivity index (χ0n) is 18.4. The number of benzene rings is 1. The van der Waals surface area contributed by atoms with E-state index < -0.39 is 39.2 Å². The highest BCUT2D eigenvalue weighted by Crippen LogP contribution is 2.57. The van der Waals surface area contributed by atoms with Crippen molar-refractivity contribution >= 4 is 38.5 Å². The lowest BCUT2D eigenvalue weighted by Crippen LogP contribution is -2.48. The van der Waals surface area contributed by atoms with Crippen LogP contribution in [0.5, 0.6) is 5.88 Å². The summed E-state index contributed by atoms with van der Waals surface area (Å²) in [5.74, 6) is -2.30. The lowest BCUT2D eigenvalue weighted by Gasteiger charge is -2.38. The molecule has 13 heteroatoms. The highest BCUT2D eigenvalue weighted by molar-refractivity contribution is 7.87. The number of aliphatic carboxylic acids is 1. The smallest absolute Gasteiger partial charge is 0.407 e. The number of thiazole rings is 1. The standard InChI is InChI=1S/C22H21N3O8S2/c1-12-2-4-14(5-3-12)35(31,32)33-17-8-18(26)24-11-16(34-20(24)23-17)13-6-7-25(21(29)30)22(9-13)10-15(22)19(27)28/h2-5,8,11,13,15H,6-7,9-10H2,1H3,(H,27,28)(H,29,30)/t13-,15?,22?/m1/s1. The van der Waals surface area contributed by atoms with Crippen molar-refractivity contribution in [3.63, 3.8) is 0 Å². The molecule has 5 rings (SSSR count). The topological polar surface area (TPSA) is 156 Å². The number of carboxylic acid groups (broad SMARTS) is 2. The maximum Gasteiger partial charge on any atom is 0.407 e. The quantitative estimate of drug-likeness (QED) is 0.484. The van der Waals surface area contributed by atoms with Crippen molar-refractivity contribution in [1.82, 2.24) is 14.3 Å². The lowest BCUT2D eigenvalue weighted by molar-refractivity contribution is -0.139. The number of amides is 1. The van der Waals surface area contributed by atoms with Gasteiger partial charge in [-0.25, -0.2) is 4.79 Å². The third-order valence-corrected chi connectivity index (χ3v) is 9.07. The number of piperidine rings is 1. The number of hydrogen-bond donors (Lipinski definition) is 2. The van der Waals surface area contributed by atoms with E-state index in [1.807, 2.05) is 6.92 Å². The van der Waals surface area contributed by atoms with E-state index >= 15 is 0 Å². The van der Waals surface area contributed by atoms with E-state index in [9.17, 15) is 33.0 Å². The zero-order chi connectivity index (χ0) is 25.1. The molecular formula is C22H21N3O8S2.